The highest BCUT2D eigenvalue weighted by atomic mass is 32.2. The summed E-state index contributed by atoms with van der Waals surface area (Å²) in [5.74, 6) is -0.0305. The number of benzene rings is 2. The fraction of sp³-hybridized carbons (Fsp3) is 0.200. The average Bonchev–Trinajstić information content (AvgIpc) is 3.14. The van der Waals surface area contributed by atoms with E-state index in [0.717, 1.165) is 22.5 Å². The van der Waals surface area contributed by atoms with Gasteiger partial charge in [0.2, 0.25) is 5.91 Å². The Morgan fingerprint density at radius 1 is 1.07 bits per heavy atom. The minimum atomic E-state index is -3.75. The largest absolute Gasteiger partial charge is 0.346 e. The smallest absolute Gasteiger partial charge is 0.263 e. The first-order valence-electron chi connectivity index (χ1n) is 8.76. The lowest BCUT2D eigenvalue weighted by atomic mass is 10.1. The zero-order valence-corrected chi connectivity index (χ0v) is 17.3. The topological polar surface area (TPSA) is 79.4 Å². The molecule has 0 saturated carbocycles. The van der Waals surface area contributed by atoms with Crippen molar-refractivity contribution >= 4 is 32.4 Å². The predicted octanol–water partition coefficient (Wildman–Crippen LogP) is 3.63. The molecule has 0 aliphatic rings. The SMILES string of the molecule is CCN(C)C(=O)Cc1cnc(NS(=O)(=O)c2ccc(-c3ccccc3)cc2)s1. The van der Waals surface area contributed by atoms with E-state index in [-0.39, 0.29) is 22.4 Å². The fourth-order valence-electron chi connectivity index (χ4n) is 2.53. The molecule has 1 N–H and O–H groups in total. The summed E-state index contributed by atoms with van der Waals surface area (Å²) in [5.41, 5.74) is 1.96. The first-order valence-corrected chi connectivity index (χ1v) is 11.1. The zero-order valence-electron chi connectivity index (χ0n) is 15.6. The molecule has 0 atom stereocenters. The lowest BCUT2D eigenvalue weighted by Crippen LogP contribution is -2.27. The fourth-order valence-corrected chi connectivity index (χ4v) is 4.57. The molecule has 0 aliphatic heterocycles. The van der Waals surface area contributed by atoms with E-state index in [0.29, 0.717) is 11.4 Å². The van der Waals surface area contributed by atoms with E-state index in [4.69, 9.17) is 0 Å². The number of anilines is 1. The van der Waals surface area contributed by atoms with Gasteiger partial charge in [-0.15, -0.1) is 11.3 Å². The van der Waals surface area contributed by atoms with Crippen LogP contribution >= 0.6 is 11.3 Å². The number of hydrogen-bond donors (Lipinski definition) is 1. The molecule has 0 aliphatic carbocycles. The third-order valence-electron chi connectivity index (χ3n) is 4.27. The highest BCUT2D eigenvalue weighted by Crippen LogP contribution is 2.25. The maximum Gasteiger partial charge on any atom is 0.263 e. The highest BCUT2D eigenvalue weighted by Gasteiger charge is 2.17. The van der Waals surface area contributed by atoms with E-state index in [9.17, 15) is 13.2 Å². The average molecular weight is 416 g/mol. The quantitative estimate of drug-likeness (QED) is 0.639. The Morgan fingerprint density at radius 2 is 1.71 bits per heavy atom. The molecule has 0 saturated heterocycles. The molecule has 146 valence electrons. The van der Waals surface area contributed by atoms with Crippen LogP contribution in [0.4, 0.5) is 5.13 Å². The van der Waals surface area contributed by atoms with Crippen molar-refractivity contribution in [1.82, 2.24) is 9.88 Å². The molecule has 0 spiro atoms. The van der Waals surface area contributed by atoms with Crippen molar-refractivity contribution in [2.75, 3.05) is 18.3 Å². The molecular weight excluding hydrogens is 394 g/mol. The molecule has 2 aromatic carbocycles. The molecule has 0 bridgehead atoms. The Hall–Kier alpha value is -2.71. The van der Waals surface area contributed by atoms with Crippen LogP contribution in [-0.4, -0.2) is 37.8 Å². The van der Waals surface area contributed by atoms with Crippen LogP contribution in [0.25, 0.3) is 11.1 Å². The Kier molecular flexibility index (Phi) is 6.11. The summed E-state index contributed by atoms with van der Waals surface area (Å²) in [4.78, 5) is 18.5. The molecular formula is C20H21N3O3S2. The third kappa shape index (κ3) is 4.76. The number of rotatable bonds is 7. The molecule has 0 unspecified atom stereocenters. The van der Waals surface area contributed by atoms with Crippen molar-refractivity contribution in [3.63, 3.8) is 0 Å². The van der Waals surface area contributed by atoms with Gasteiger partial charge >= 0.3 is 0 Å². The number of carbonyl (C=O) groups excluding carboxylic acids is 1. The Morgan fingerprint density at radius 3 is 2.36 bits per heavy atom. The van der Waals surface area contributed by atoms with Crippen molar-refractivity contribution < 1.29 is 13.2 Å². The van der Waals surface area contributed by atoms with E-state index in [1.54, 1.807) is 36.2 Å². The van der Waals surface area contributed by atoms with Crippen molar-refractivity contribution in [2.45, 2.75) is 18.2 Å². The monoisotopic (exact) mass is 415 g/mol. The van der Waals surface area contributed by atoms with Crippen LogP contribution in [-0.2, 0) is 21.2 Å². The molecule has 0 fully saturated rings. The van der Waals surface area contributed by atoms with Crippen LogP contribution in [0.15, 0.2) is 65.7 Å². The number of amides is 1. The molecule has 6 nitrogen and oxygen atoms in total. The van der Waals surface area contributed by atoms with Gasteiger partial charge in [0.05, 0.1) is 11.3 Å². The van der Waals surface area contributed by atoms with E-state index in [1.165, 1.54) is 6.20 Å². The lowest BCUT2D eigenvalue weighted by molar-refractivity contribution is -0.128. The molecule has 3 aromatic rings. The summed E-state index contributed by atoms with van der Waals surface area (Å²) in [6, 6.07) is 16.4. The van der Waals surface area contributed by atoms with E-state index in [1.807, 2.05) is 37.3 Å². The van der Waals surface area contributed by atoms with Crippen molar-refractivity contribution in [3.8, 4) is 11.1 Å². The van der Waals surface area contributed by atoms with Crippen molar-refractivity contribution in [2.24, 2.45) is 0 Å². The minimum Gasteiger partial charge on any atom is -0.346 e. The normalized spacial score (nSPS) is 11.2. The number of aromatic nitrogens is 1. The van der Waals surface area contributed by atoms with Gasteiger partial charge in [-0.1, -0.05) is 42.5 Å². The number of thiazole rings is 1. The first-order chi connectivity index (χ1) is 13.4. The highest BCUT2D eigenvalue weighted by molar-refractivity contribution is 7.93. The van der Waals surface area contributed by atoms with Crippen LogP contribution in [0.2, 0.25) is 0 Å². The Labute approximate surface area is 168 Å². The zero-order chi connectivity index (χ0) is 20.1. The van der Waals surface area contributed by atoms with Gasteiger partial charge in [-0.05, 0) is 30.2 Å². The molecule has 3 rings (SSSR count). The second-order valence-electron chi connectivity index (χ2n) is 6.21. The maximum atomic E-state index is 12.6. The van der Waals surface area contributed by atoms with Gasteiger partial charge in [0.15, 0.2) is 5.13 Å². The first kappa shape index (κ1) is 20.0. The predicted molar refractivity (Wildman–Crippen MR) is 112 cm³/mol. The second-order valence-corrected chi connectivity index (χ2v) is 9.01. The van der Waals surface area contributed by atoms with Gasteiger partial charge in [0.25, 0.3) is 10.0 Å². The summed E-state index contributed by atoms with van der Waals surface area (Å²) in [7, 11) is -2.02. The Bertz CT molecular complexity index is 1050. The lowest BCUT2D eigenvalue weighted by Gasteiger charge is -2.12. The van der Waals surface area contributed by atoms with Gasteiger partial charge in [0, 0.05) is 24.7 Å². The van der Waals surface area contributed by atoms with Crippen LogP contribution in [0.3, 0.4) is 0 Å². The number of hydrogen-bond acceptors (Lipinski definition) is 5. The molecule has 0 radical (unpaired) electrons. The molecule has 1 amide bonds. The van der Waals surface area contributed by atoms with Gasteiger partial charge in [-0.25, -0.2) is 13.4 Å². The van der Waals surface area contributed by atoms with E-state index >= 15 is 0 Å². The van der Waals surface area contributed by atoms with E-state index in [2.05, 4.69) is 9.71 Å². The molecule has 8 heteroatoms. The van der Waals surface area contributed by atoms with Crippen molar-refractivity contribution in [3.05, 3.63) is 65.7 Å². The second kappa shape index (κ2) is 8.53. The number of sulfonamides is 1. The van der Waals surface area contributed by atoms with Gasteiger partial charge in [0.1, 0.15) is 0 Å². The van der Waals surface area contributed by atoms with Crippen LogP contribution < -0.4 is 4.72 Å². The van der Waals surface area contributed by atoms with Crippen molar-refractivity contribution in [1.29, 1.82) is 0 Å². The summed E-state index contributed by atoms with van der Waals surface area (Å²) in [6.07, 6.45) is 1.73. The molecule has 1 aromatic heterocycles. The number of carbonyl (C=O) groups is 1. The summed E-state index contributed by atoms with van der Waals surface area (Å²) in [5, 5.41) is 0.245. The summed E-state index contributed by atoms with van der Waals surface area (Å²) in [6.45, 7) is 2.52. The Balaban J connectivity index is 1.71. The van der Waals surface area contributed by atoms with Crippen LogP contribution in [0.5, 0.6) is 0 Å². The number of nitrogens with one attached hydrogen (secondary N) is 1. The van der Waals surface area contributed by atoms with Gasteiger partial charge in [-0.3, -0.25) is 9.52 Å². The summed E-state index contributed by atoms with van der Waals surface area (Å²) >= 11 is 1.16. The minimum absolute atomic E-state index is 0.0305. The third-order valence-corrected chi connectivity index (χ3v) is 6.67. The van der Waals surface area contributed by atoms with Crippen LogP contribution in [0, 0.1) is 0 Å². The van der Waals surface area contributed by atoms with E-state index < -0.39 is 10.0 Å². The molecule has 1 heterocycles. The standard InChI is InChI=1S/C20H21N3O3S2/c1-3-23(2)19(24)13-17-14-21-20(27-17)22-28(25,26)18-11-9-16(10-12-18)15-7-5-4-6-8-15/h4-12,14H,3,13H2,1-2H3,(H,21,22). The van der Waals surface area contributed by atoms with Gasteiger partial charge in [-0.2, -0.15) is 0 Å². The molecule has 28 heavy (non-hydrogen) atoms. The number of nitrogens with zero attached hydrogens (tertiary/aromatic N) is 2. The summed E-state index contributed by atoms with van der Waals surface area (Å²) < 4.78 is 27.7. The van der Waals surface area contributed by atoms with Gasteiger partial charge < -0.3 is 4.90 Å². The maximum absolute atomic E-state index is 12.6. The number of likely N-dealkylation sites (N-methyl/N-ethyl adjacent to an activating group) is 1. The van der Waals surface area contributed by atoms with Crippen LogP contribution in [0.1, 0.15) is 11.8 Å².